The molecule has 0 spiro atoms. The Morgan fingerprint density at radius 3 is 2.29 bits per heavy atom. The number of methoxy groups -OCH3 is 1. The number of ether oxygens (including phenoxy) is 2. The van der Waals surface area contributed by atoms with Gasteiger partial charge in [0.25, 0.3) is 5.69 Å². The molecule has 0 saturated carbocycles. The molecule has 0 aliphatic carbocycles. The van der Waals surface area contributed by atoms with Gasteiger partial charge in [-0.15, -0.1) is 0 Å². The number of nitro groups is 1. The van der Waals surface area contributed by atoms with Crippen molar-refractivity contribution in [3.63, 3.8) is 0 Å². The number of anilines is 1. The third-order valence-electron chi connectivity index (χ3n) is 3.05. The first-order chi connectivity index (χ1) is 11.6. The average Bonchev–Trinajstić information content (AvgIpc) is 2.59. The highest BCUT2D eigenvalue weighted by atomic mass is 16.6. The third kappa shape index (κ3) is 5.16. The van der Waals surface area contributed by atoms with Crippen LogP contribution >= 0.6 is 0 Å². The average molecular weight is 331 g/mol. The van der Waals surface area contributed by atoms with Crippen LogP contribution in [0.15, 0.2) is 48.5 Å². The van der Waals surface area contributed by atoms with Gasteiger partial charge in [0.15, 0.2) is 0 Å². The van der Waals surface area contributed by atoms with Crippen molar-refractivity contribution in [2.24, 2.45) is 0 Å². The molecule has 2 aromatic carbocycles. The smallest absolute Gasteiger partial charge is 0.319 e. The zero-order valence-corrected chi connectivity index (χ0v) is 13.0. The number of hydrogen-bond donors (Lipinski definition) is 2. The van der Waals surface area contributed by atoms with E-state index in [1.165, 1.54) is 24.3 Å². The molecule has 0 unspecified atom stereocenters. The number of nitrogens with one attached hydrogen (secondary N) is 2. The van der Waals surface area contributed by atoms with Crippen LogP contribution in [0.3, 0.4) is 0 Å². The van der Waals surface area contributed by atoms with Gasteiger partial charge >= 0.3 is 6.03 Å². The number of nitrogens with zero attached hydrogens (tertiary/aromatic N) is 1. The summed E-state index contributed by atoms with van der Waals surface area (Å²) >= 11 is 0. The van der Waals surface area contributed by atoms with E-state index in [4.69, 9.17) is 9.47 Å². The highest BCUT2D eigenvalue weighted by Crippen LogP contribution is 2.17. The number of non-ortho nitro benzene ring substituents is 1. The lowest BCUT2D eigenvalue weighted by molar-refractivity contribution is -0.384. The van der Waals surface area contributed by atoms with Gasteiger partial charge in [-0.1, -0.05) is 0 Å². The van der Waals surface area contributed by atoms with E-state index in [1.807, 2.05) is 0 Å². The summed E-state index contributed by atoms with van der Waals surface area (Å²) < 4.78 is 10.5. The Bertz CT molecular complexity index is 686. The molecule has 0 aromatic heterocycles. The molecule has 24 heavy (non-hydrogen) atoms. The van der Waals surface area contributed by atoms with Crippen LogP contribution in [0.4, 0.5) is 16.2 Å². The second-order valence-electron chi connectivity index (χ2n) is 4.71. The maximum absolute atomic E-state index is 11.7. The Morgan fingerprint density at radius 1 is 1.08 bits per heavy atom. The summed E-state index contributed by atoms with van der Waals surface area (Å²) in [5, 5.41) is 15.8. The Kier molecular flexibility index (Phi) is 5.95. The van der Waals surface area contributed by atoms with Crippen molar-refractivity contribution in [2.75, 3.05) is 25.6 Å². The standard InChI is InChI=1S/C16H17N3O5/c1-23-14-6-8-15(9-7-14)24-11-10-17-16(20)18-12-2-4-13(5-3-12)19(21)22/h2-9H,10-11H2,1H3,(H2,17,18,20). The van der Waals surface area contributed by atoms with Crippen LogP contribution in [0.5, 0.6) is 11.5 Å². The molecule has 126 valence electrons. The number of carbonyl (C=O) groups is 1. The summed E-state index contributed by atoms with van der Waals surface area (Å²) in [5.41, 5.74) is 0.433. The molecule has 2 amide bonds. The molecule has 8 heteroatoms. The normalized spacial score (nSPS) is 9.88. The number of amides is 2. The molecule has 0 aliphatic heterocycles. The van der Waals surface area contributed by atoms with Crippen LogP contribution in [-0.4, -0.2) is 31.2 Å². The molecule has 0 saturated heterocycles. The number of nitro benzene ring substituents is 1. The fourth-order valence-electron chi connectivity index (χ4n) is 1.85. The molecular formula is C16H17N3O5. The molecular weight excluding hydrogens is 314 g/mol. The number of urea groups is 1. The maximum Gasteiger partial charge on any atom is 0.319 e. The Labute approximate surface area is 138 Å². The molecule has 0 bridgehead atoms. The minimum atomic E-state index is -0.500. The summed E-state index contributed by atoms with van der Waals surface area (Å²) in [6, 6.07) is 12.3. The lowest BCUT2D eigenvalue weighted by atomic mass is 10.3. The maximum atomic E-state index is 11.7. The number of carbonyl (C=O) groups excluding carboxylic acids is 1. The SMILES string of the molecule is COc1ccc(OCCNC(=O)Nc2ccc([N+](=O)[O-])cc2)cc1. The highest BCUT2D eigenvalue weighted by molar-refractivity contribution is 5.89. The van der Waals surface area contributed by atoms with Gasteiger partial charge in [0, 0.05) is 17.8 Å². The van der Waals surface area contributed by atoms with Gasteiger partial charge < -0.3 is 20.1 Å². The van der Waals surface area contributed by atoms with E-state index in [2.05, 4.69) is 10.6 Å². The van der Waals surface area contributed by atoms with Gasteiger partial charge in [-0.25, -0.2) is 4.79 Å². The summed E-state index contributed by atoms with van der Waals surface area (Å²) in [6.07, 6.45) is 0. The van der Waals surface area contributed by atoms with Crippen LogP contribution in [0, 0.1) is 10.1 Å². The summed E-state index contributed by atoms with van der Waals surface area (Å²) in [5.74, 6) is 1.41. The van der Waals surface area contributed by atoms with Crippen molar-refractivity contribution in [3.8, 4) is 11.5 Å². The molecule has 2 rings (SSSR count). The molecule has 0 aliphatic rings. The zero-order chi connectivity index (χ0) is 17.4. The van der Waals surface area contributed by atoms with E-state index in [1.54, 1.807) is 31.4 Å². The Balaban J connectivity index is 1.69. The number of hydrogen-bond acceptors (Lipinski definition) is 5. The molecule has 0 fully saturated rings. The van der Waals surface area contributed by atoms with Gasteiger partial charge in [-0.05, 0) is 36.4 Å². The van der Waals surface area contributed by atoms with Crippen LogP contribution in [0.1, 0.15) is 0 Å². The van der Waals surface area contributed by atoms with Crippen molar-refractivity contribution in [1.82, 2.24) is 5.32 Å². The van der Waals surface area contributed by atoms with Gasteiger partial charge in [-0.2, -0.15) is 0 Å². The predicted molar refractivity (Wildman–Crippen MR) is 88.6 cm³/mol. The van der Waals surface area contributed by atoms with E-state index in [0.717, 1.165) is 5.75 Å². The van der Waals surface area contributed by atoms with E-state index >= 15 is 0 Å². The largest absolute Gasteiger partial charge is 0.497 e. The third-order valence-corrected chi connectivity index (χ3v) is 3.05. The van der Waals surface area contributed by atoms with E-state index in [9.17, 15) is 14.9 Å². The van der Waals surface area contributed by atoms with Gasteiger partial charge in [-0.3, -0.25) is 10.1 Å². The Morgan fingerprint density at radius 2 is 1.71 bits per heavy atom. The molecule has 0 atom stereocenters. The molecule has 0 heterocycles. The monoisotopic (exact) mass is 331 g/mol. The van der Waals surface area contributed by atoms with Crippen molar-refractivity contribution in [3.05, 3.63) is 58.6 Å². The van der Waals surface area contributed by atoms with Gasteiger partial charge in [0.05, 0.1) is 18.6 Å². The van der Waals surface area contributed by atoms with Crippen molar-refractivity contribution < 1.29 is 19.2 Å². The van der Waals surface area contributed by atoms with Crippen LogP contribution in [-0.2, 0) is 0 Å². The van der Waals surface area contributed by atoms with Crippen molar-refractivity contribution in [1.29, 1.82) is 0 Å². The van der Waals surface area contributed by atoms with E-state index in [-0.39, 0.29) is 5.69 Å². The van der Waals surface area contributed by atoms with E-state index < -0.39 is 11.0 Å². The van der Waals surface area contributed by atoms with E-state index in [0.29, 0.717) is 24.6 Å². The number of benzene rings is 2. The summed E-state index contributed by atoms with van der Waals surface area (Å²) in [7, 11) is 1.59. The first-order valence-corrected chi connectivity index (χ1v) is 7.14. The lowest BCUT2D eigenvalue weighted by Gasteiger charge is -2.09. The molecule has 0 radical (unpaired) electrons. The zero-order valence-electron chi connectivity index (χ0n) is 13.0. The van der Waals surface area contributed by atoms with Crippen molar-refractivity contribution in [2.45, 2.75) is 0 Å². The number of rotatable bonds is 7. The van der Waals surface area contributed by atoms with Crippen LogP contribution in [0.2, 0.25) is 0 Å². The van der Waals surface area contributed by atoms with Gasteiger partial charge in [0.2, 0.25) is 0 Å². The summed E-state index contributed by atoms with van der Waals surface area (Å²) in [4.78, 5) is 21.7. The molecule has 2 aromatic rings. The predicted octanol–water partition coefficient (Wildman–Crippen LogP) is 2.80. The second-order valence-corrected chi connectivity index (χ2v) is 4.71. The van der Waals surface area contributed by atoms with Crippen LogP contribution < -0.4 is 20.1 Å². The molecule has 2 N–H and O–H groups in total. The minimum Gasteiger partial charge on any atom is -0.497 e. The highest BCUT2D eigenvalue weighted by Gasteiger charge is 2.06. The second kappa shape index (κ2) is 8.37. The first-order valence-electron chi connectivity index (χ1n) is 7.14. The first kappa shape index (κ1) is 17.1. The van der Waals surface area contributed by atoms with Crippen LogP contribution in [0.25, 0.3) is 0 Å². The quantitative estimate of drug-likeness (QED) is 0.461. The fraction of sp³-hybridized carbons (Fsp3) is 0.188. The fourth-order valence-corrected chi connectivity index (χ4v) is 1.85. The van der Waals surface area contributed by atoms with Crippen molar-refractivity contribution >= 4 is 17.4 Å². The molecule has 8 nitrogen and oxygen atoms in total. The lowest BCUT2D eigenvalue weighted by Crippen LogP contribution is -2.32. The van der Waals surface area contributed by atoms with Gasteiger partial charge in [0.1, 0.15) is 18.1 Å². The Hall–Kier alpha value is -3.29. The minimum absolute atomic E-state index is 0.0335. The topological polar surface area (TPSA) is 103 Å². The summed E-state index contributed by atoms with van der Waals surface area (Å²) in [6.45, 7) is 0.616.